The van der Waals surface area contributed by atoms with Crippen LogP contribution in [0.15, 0.2) is 24.3 Å². The Labute approximate surface area is 147 Å². The van der Waals surface area contributed by atoms with Gasteiger partial charge < -0.3 is 14.7 Å². The summed E-state index contributed by atoms with van der Waals surface area (Å²) in [7, 11) is 0. The number of nitrogens with zero attached hydrogens (tertiary/aromatic N) is 1. The molecule has 3 atom stereocenters. The van der Waals surface area contributed by atoms with Crippen molar-refractivity contribution in [3.63, 3.8) is 0 Å². The first-order valence-corrected chi connectivity index (χ1v) is 8.53. The minimum Gasteiger partial charge on any atom is -0.480 e. The maximum Gasteiger partial charge on any atom is 0.320 e. The van der Waals surface area contributed by atoms with Crippen LogP contribution in [-0.2, 0) is 14.3 Å². The summed E-state index contributed by atoms with van der Waals surface area (Å²) in [6.07, 6.45) is 0.408. The van der Waals surface area contributed by atoms with E-state index in [1.807, 2.05) is 13.8 Å². The second-order valence-corrected chi connectivity index (χ2v) is 6.33. The van der Waals surface area contributed by atoms with E-state index < -0.39 is 12.0 Å². The first-order valence-electron chi connectivity index (χ1n) is 8.53. The summed E-state index contributed by atoms with van der Waals surface area (Å²) >= 11 is 0. The molecule has 0 aliphatic carbocycles. The molecule has 7 heteroatoms. The largest absolute Gasteiger partial charge is 0.480 e. The molecule has 2 N–H and O–H groups in total. The van der Waals surface area contributed by atoms with E-state index in [1.165, 1.54) is 12.1 Å². The SMILES string of the molecule is CC[C@H](C)[C@H](NCC(=O)N1CCOC(c2ccc(F)cc2)C1)C(=O)O. The molecule has 0 radical (unpaired) electrons. The number of aliphatic carboxylic acids is 1. The first-order chi connectivity index (χ1) is 11.9. The Kier molecular flexibility index (Phi) is 6.90. The van der Waals surface area contributed by atoms with Crippen molar-refractivity contribution in [2.75, 3.05) is 26.2 Å². The van der Waals surface area contributed by atoms with E-state index in [1.54, 1.807) is 17.0 Å². The van der Waals surface area contributed by atoms with Crippen LogP contribution in [0.4, 0.5) is 4.39 Å². The molecule has 6 nitrogen and oxygen atoms in total. The normalized spacial score (nSPS) is 20.1. The molecular formula is C18H25FN2O4. The second kappa shape index (κ2) is 8.92. The van der Waals surface area contributed by atoms with Crippen molar-refractivity contribution in [1.82, 2.24) is 10.2 Å². The number of benzene rings is 1. The highest BCUT2D eigenvalue weighted by atomic mass is 19.1. The fourth-order valence-corrected chi connectivity index (χ4v) is 2.83. The number of carboxylic acid groups (broad SMARTS) is 1. The van der Waals surface area contributed by atoms with Gasteiger partial charge in [0.2, 0.25) is 5.91 Å². The Morgan fingerprint density at radius 1 is 1.40 bits per heavy atom. The predicted molar refractivity (Wildman–Crippen MR) is 90.6 cm³/mol. The maximum atomic E-state index is 13.0. The van der Waals surface area contributed by atoms with Gasteiger partial charge in [-0.1, -0.05) is 32.4 Å². The fraction of sp³-hybridized carbons (Fsp3) is 0.556. The monoisotopic (exact) mass is 352 g/mol. The first kappa shape index (κ1) is 19.3. The van der Waals surface area contributed by atoms with Crippen molar-refractivity contribution in [2.45, 2.75) is 32.4 Å². The Morgan fingerprint density at radius 2 is 2.08 bits per heavy atom. The number of rotatable bonds is 7. The van der Waals surface area contributed by atoms with E-state index in [9.17, 15) is 19.1 Å². The molecule has 25 heavy (non-hydrogen) atoms. The van der Waals surface area contributed by atoms with Gasteiger partial charge in [-0.2, -0.15) is 0 Å². The average molecular weight is 352 g/mol. The molecule has 1 fully saturated rings. The van der Waals surface area contributed by atoms with E-state index in [2.05, 4.69) is 5.32 Å². The van der Waals surface area contributed by atoms with Crippen molar-refractivity contribution in [3.8, 4) is 0 Å². The number of morpholine rings is 1. The van der Waals surface area contributed by atoms with E-state index in [4.69, 9.17) is 4.74 Å². The minimum absolute atomic E-state index is 0.0303. The second-order valence-electron chi connectivity index (χ2n) is 6.33. The Morgan fingerprint density at radius 3 is 2.68 bits per heavy atom. The summed E-state index contributed by atoms with van der Waals surface area (Å²) in [4.78, 5) is 25.4. The fourth-order valence-electron chi connectivity index (χ4n) is 2.83. The third-order valence-electron chi connectivity index (χ3n) is 4.61. The lowest BCUT2D eigenvalue weighted by atomic mass is 9.99. The van der Waals surface area contributed by atoms with Crippen molar-refractivity contribution >= 4 is 11.9 Å². The summed E-state index contributed by atoms with van der Waals surface area (Å²) in [6, 6.07) is 5.28. The molecule has 138 valence electrons. The molecular weight excluding hydrogens is 327 g/mol. The molecule has 1 heterocycles. The Bertz CT molecular complexity index is 593. The predicted octanol–water partition coefficient (Wildman–Crippen LogP) is 1.81. The Balaban J connectivity index is 1.92. The molecule has 0 saturated carbocycles. The molecule has 0 bridgehead atoms. The maximum absolute atomic E-state index is 13.0. The molecule has 1 amide bonds. The van der Waals surface area contributed by atoms with Gasteiger partial charge in [-0.3, -0.25) is 14.9 Å². The number of halogens is 1. The van der Waals surface area contributed by atoms with Crippen LogP contribution in [0.3, 0.4) is 0 Å². The number of hydrogen-bond donors (Lipinski definition) is 2. The minimum atomic E-state index is -0.951. The highest BCUT2D eigenvalue weighted by Gasteiger charge is 2.28. The molecule has 0 aromatic heterocycles. The lowest BCUT2D eigenvalue weighted by molar-refractivity contribution is -0.142. The topological polar surface area (TPSA) is 78.9 Å². The van der Waals surface area contributed by atoms with Gasteiger partial charge in [-0.05, 0) is 23.6 Å². The van der Waals surface area contributed by atoms with Crippen LogP contribution in [0.5, 0.6) is 0 Å². The van der Waals surface area contributed by atoms with Crippen molar-refractivity contribution in [3.05, 3.63) is 35.6 Å². The highest BCUT2D eigenvalue weighted by molar-refractivity contribution is 5.80. The molecule has 2 rings (SSSR count). The van der Waals surface area contributed by atoms with Gasteiger partial charge in [-0.15, -0.1) is 0 Å². The van der Waals surface area contributed by atoms with Gasteiger partial charge in [-0.25, -0.2) is 4.39 Å². The van der Waals surface area contributed by atoms with Crippen LogP contribution in [-0.4, -0.2) is 54.2 Å². The molecule has 1 aromatic rings. The summed E-state index contributed by atoms with van der Waals surface area (Å²) in [5.74, 6) is -1.50. The van der Waals surface area contributed by atoms with Crippen LogP contribution >= 0.6 is 0 Å². The van der Waals surface area contributed by atoms with Crippen molar-refractivity contribution in [2.24, 2.45) is 5.92 Å². The van der Waals surface area contributed by atoms with Gasteiger partial charge in [0.05, 0.1) is 19.7 Å². The molecule has 0 spiro atoms. The summed E-state index contributed by atoms with van der Waals surface area (Å²) in [5, 5.41) is 12.1. The van der Waals surface area contributed by atoms with Crippen LogP contribution in [0.25, 0.3) is 0 Å². The number of hydrogen-bond acceptors (Lipinski definition) is 4. The number of ether oxygens (including phenoxy) is 1. The van der Waals surface area contributed by atoms with Crippen LogP contribution in [0.2, 0.25) is 0 Å². The zero-order valence-electron chi connectivity index (χ0n) is 14.6. The van der Waals surface area contributed by atoms with Crippen LogP contribution in [0, 0.1) is 11.7 Å². The third-order valence-corrected chi connectivity index (χ3v) is 4.61. The highest BCUT2D eigenvalue weighted by Crippen LogP contribution is 2.22. The van der Waals surface area contributed by atoms with Crippen molar-refractivity contribution in [1.29, 1.82) is 0 Å². The average Bonchev–Trinajstić information content (AvgIpc) is 2.61. The van der Waals surface area contributed by atoms with Crippen LogP contribution in [0.1, 0.15) is 31.9 Å². The van der Waals surface area contributed by atoms with Gasteiger partial charge in [0, 0.05) is 6.54 Å². The van der Waals surface area contributed by atoms with Gasteiger partial charge in [0.15, 0.2) is 0 Å². The molecule has 1 saturated heterocycles. The standard InChI is InChI=1S/C18H25FN2O4/c1-3-12(2)17(18(23)24)20-10-16(22)21-8-9-25-15(11-21)13-4-6-14(19)7-5-13/h4-7,12,15,17,20H,3,8-11H2,1-2H3,(H,23,24)/t12-,15?,17-/m0/s1. The number of carboxylic acids is 1. The number of amides is 1. The molecule has 1 aromatic carbocycles. The molecule has 1 aliphatic rings. The molecule has 1 aliphatic heterocycles. The van der Waals surface area contributed by atoms with E-state index in [0.29, 0.717) is 26.1 Å². The van der Waals surface area contributed by atoms with E-state index in [-0.39, 0.29) is 30.3 Å². The zero-order valence-corrected chi connectivity index (χ0v) is 14.6. The van der Waals surface area contributed by atoms with E-state index in [0.717, 1.165) is 5.56 Å². The third kappa shape index (κ3) is 5.24. The number of nitrogens with one attached hydrogen (secondary N) is 1. The van der Waals surface area contributed by atoms with E-state index >= 15 is 0 Å². The smallest absolute Gasteiger partial charge is 0.320 e. The summed E-state index contributed by atoms with van der Waals surface area (Å²) in [6.45, 7) is 4.94. The zero-order chi connectivity index (χ0) is 18.4. The number of carbonyl (C=O) groups is 2. The lowest BCUT2D eigenvalue weighted by Gasteiger charge is -2.33. The van der Waals surface area contributed by atoms with Crippen molar-refractivity contribution < 1.29 is 23.8 Å². The summed E-state index contributed by atoms with van der Waals surface area (Å²) in [5.41, 5.74) is 0.815. The summed E-state index contributed by atoms with van der Waals surface area (Å²) < 4.78 is 18.7. The quantitative estimate of drug-likeness (QED) is 0.782. The van der Waals surface area contributed by atoms with Gasteiger partial charge >= 0.3 is 5.97 Å². The Hall–Kier alpha value is -1.99. The molecule has 1 unspecified atom stereocenters. The van der Waals surface area contributed by atoms with Crippen LogP contribution < -0.4 is 5.32 Å². The van der Waals surface area contributed by atoms with Gasteiger partial charge in [0.25, 0.3) is 0 Å². The lowest BCUT2D eigenvalue weighted by Crippen LogP contribution is -2.50. The number of carbonyl (C=O) groups excluding carboxylic acids is 1. The van der Waals surface area contributed by atoms with Gasteiger partial charge in [0.1, 0.15) is 18.0 Å².